The minimum absolute atomic E-state index is 0.0591. The Morgan fingerprint density at radius 3 is 1.97 bits per heavy atom. The van der Waals surface area contributed by atoms with Gasteiger partial charge in [-0.1, -0.05) is 82.3 Å². The van der Waals surface area contributed by atoms with Gasteiger partial charge in [-0.2, -0.15) is 0 Å². The predicted molar refractivity (Wildman–Crippen MR) is 141 cm³/mol. The lowest BCUT2D eigenvalue weighted by Crippen LogP contribution is -2.15. The van der Waals surface area contributed by atoms with Crippen molar-refractivity contribution >= 4 is 0 Å². The topological polar surface area (TPSA) is 0 Å². The van der Waals surface area contributed by atoms with Gasteiger partial charge >= 0.3 is 0 Å². The molecular formula is C32H43F3. The molecule has 0 aliphatic heterocycles. The van der Waals surface area contributed by atoms with E-state index in [4.69, 9.17) is 0 Å². The van der Waals surface area contributed by atoms with Crippen molar-refractivity contribution in [3.63, 3.8) is 0 Å². The second-order valence-corrected chi connectivity index (χ2v) is 11.2. The van der Waals surface area contributed by atoms with Gasteiger partial charge < -0.3 is 0 Å². The van der Waals surface area contributed by atoms with Gasteiger partial charge in [-0.05, 0) is 97.3 Å². The highest BCUT2D eigenvalue weighted by molar-refractivity contribution is 5.69. The van der Waals surface area contributed by atoms with Crippen molar-refractivity contribution in [1.82, 2.24) is 0 Å². The van der Waals surface area contributed by atoms with E-state index in [2.05, 4.69) is 26.0 Å². The zero-order valence-corrected chi connectivity index (χ0v) is 21.7. The van der Waals surface area contributed by atoms with E-state index in [-0.39, 0.29) is 5.92 Å². The number of unbranched alkanes of at least 4 members (excludes halogenated alkanes) is 2. The van der Waals surface area contributed by atoms with Gasteiger partial charge in [-0.15, -0.1) is 0 Å². The molecule has 0 nitrogen and oxygen atoms in total. The smallest absolute Gasteiger partial charge is 0.206 e. The van der Waals surface area contributed by atoms with Crippen LogP contribution in [0.4, 0.5) is 13.2 Å². The summed E-state index contributed by atoms with van der Waals surface area (Å²) in [6, 6.07) is 11.5. The average Bonchev–Trinajstić information content (AvgIpc) is 2.89. The molecule has 2 aromatic rings. The minimum atomic E-state index is -2.82. The van der Waals surface area contributed by atoms with Crippen molar-refractivity contribution in [3.05, 3.63) is 58.9 Å². The number of hydrogen-bond acceptors (Lipinski definition) is 0. The lowest BCUT2D eigenvalue weighted by Gasteiger charge is -2.29. The maximum absolute atomic E-state index is 15.5. The Hall–Kier alpha value is -1.77. The summed E-state index contributed by atoms with van der Waals surface area (Å²) < 4.78 is 43.7. The molecule has 3 heteroatoms. The van der Waals surface area contributed by atoms with E-state index >= 15 is 4.39 Å². The third-order valence-corrected chi connectivity index (χ3v) is 9.05. The Bertz CT molecular complexity index is 917. The number of benzene rings is 2. The Morgan fingerprint density at radius 1 is 0.743 bits per heavy atom. The fraction of sp³-hybridized carbons (Fsp3) is 0.625. The first-order valence-electron chi connectivity index (χ1n) is 14.2. The van der Waals surface area contributed by atoms with E-state index in [1.54, 1.807) is 12.1 Å². The van der Waals surface area contributed by atoms with E-state index in [1.165, 1.54) is 56.9 Å². The molecule has 2 saturated carbocycles. The molecule has 2 fully saturated rings. The zero-order valence-electron chi connectivity index (χ0n) is 21.7. The zero-order chi connectivity index (χ0) is 24.8. The van der Waals surface area contributed by atoms with Gasteiger partial charge in [0.1, 0.15) is 5.82 Å². The highest BCUT2D eigenvalue weighted by Crippen LogP contribution is 2.43. The van der Waals surface area contributed by atoms with Crippen LogP contribution >= 0.6 is 0 Å². The highest BCUT2D eigenvalue weighted by atomic mass is 19.3. The van der Waals surface area contributed by atoms with E-state index in [0.717, 1.165) is 38.0 Å². The van der Waals surface area contributed by atoms with Gasteiger partial charge in [-0.3, -0.25) is 0 Å². The number of hydrogen-bond donors (Lipinski definition) is 0. The van der Waals surface area contributed by atoms with Crippen molar-refractivity contribution in [1.29, 1.82) is 0 Å². The van der Waals surface area contributed by atoms with Gasteiger partial charge in [0.05, 0.1) is 5.56 Å². The quantitative estimate of drug-likeness (QED) is 0.310. The Kier molecular flexibility index (Phi) is 9.36. The molecule has 0 amide bonds. The summed E-state index contributed by atoms with van der Waals surface area (Å²) in [5.41, 5.74) is 2.41. The summed E-state index contributed by atoms with van der Waals surface area (Å²) in [5.74, 6) is 1.49. The maximum Gasteiger partial charge on any atom is 0.267 e. The van der Waals surface area contributed by atoms with Crippen LogP contribution in [0, 0.1) is 17.7 Å². The molecule has 0 spiro atoms. The van der Waals surface area contributed by atoms with Gasteiger partial charge in [0, 0.05) is 0 Å². The van der Waals surface area contributed by atoms with Crippen LogP contribution in [0.3, 0.4) is 0 Å². The largest absolute Gasteiger partial charge is 0.267 e. The molecule has 2 aromatic carbocycles. The SMILES string of the molecule is CCCCCC1CCC(c2ccc(-c3ccc(C4CCC(CC)CC4)c(F)c3C(F)F)cc2)CC1. The minimum Gasteiger partial charge on any atom is -0.206 e. The molecule has 4 rings (SSSR count). The normalized spacial score (nSPS) is 25.2. The summed E-state index contributed by atoms with van der Waals surface area (Å²) in [4.78, 5) is 0. The van der Waals surface area contributed by atoms with Crippen molar-refractivity contribution in [3.8, 4) is 11.1 Å². The van der Waals surface area contributed by atoms with E-state index < -0.39 is 17.8 Å². The van der Waals surface area contributed by atoms with Crippen molar-refractivity contribution < 1.29 is 13.2 Å². The summed E-state index contributed by atoms with van der Waals surface area (Å²) >= 11 is 0. The van der Waals surface area contributed by atoms with E-state index in [0.29, 0.717) is 28.5 Å². The summed E-state index contributed by atoms with van der Waals surface area (Å²) in [6.07, 6.45) is 12.6. The molecule has 0 atom stereocenters. The van der Waals surface area contributed by atoms with E-state index in [1.807, 2.05) is 12.1 Å². The van der Waals surface area contributed by atoms with Gasteiger partial charge in [0.15, 0.2) is 0 Å². The molecule has 2 aliphatic carbocycles. The predicted octanol–water partition coefficient (Wildman–Crippen LogP) is 11.0. The van der Waals surface area contributed by atoms with Crippen LogP contribution in [0.15, 0.2) is 36.4 Å². The Morgan fingerprint density at radius 2 is 1.37 bits per heavy atom. The van der Waals surface area contributed by atoms with Crippen LogP contribution in [-0.4, -0.2) is 0 Å². The number of rotatable bonds is 9. The fourth-order valence-corrected chi connectivity index (χ4v) is 6.67. The molecule has 2 aliphatic rings. The first-order chi connectivity index (χ1) is 17.0. The number of halogens is 3. The Balaban J connectivity index is 1.46. The van der Waals surface area contributed by atoms with Gasteiger partial charge in [0.25, 0.3) is 6.43 Å². The third-order valence-electron chi connectivity index (χ3n) is 9.05. The molecule has 0 bridgehead atoms. The molecule has 35 heavy (non-hydrogen) atoms. The van der Waals surface area contributed by atoms with E-state index in [9.17, 15) is 8.78 Å². The second-order valence-electron chi connectivity index (χ2n) is 11.2. The molecular weight excluding hydrogens is 441 g/mol. The van der Waals surface area contributed by atoms with Crippen LogP contribution in [0.2, 0.25) is 0 Å². The molecule has 0 aromatic heterocycles. The molecule has 0 radical (unpaired) electrons. The molecule has 192 valence electrons. The summed E-state index contributed by atoms with van der Waals surface area (Å²) in [7, 11) is 0. The molecule has 0 saturated heterocycles. The Labute approximate surface area is 210 Å². The monoisotopic (exact) mass is 484 g/mol. The lowest BCUT2D eigenvalue weighted by atomic mass is 9.76. The van der Waals surface area contributed by atoms with Crippen molar-refractivity contribution in [2.45, 2.75) is 116 Å². The second kappa shape index (κ2) is 12.5. The van der Waals surface area contributed by atoms with Gasteiger partial charge in [0.2, 0.25) is 0 Å². The number of alkyl halides is 2. The van der Waals surface area contributed by atoms with Gasteiger partial charge in [-0.25, -0.2) is 13.2 Å². The van der Waals surface area contributed by atoms with Crippen molar-refractivity contribution in [2.24, 2.45) is 11.8 Å². The fourth-order valence-electron chi connectivity index (χ4n) is 6.67. The van der Waals surface area contributed by atoms with Crippen molar-refractivity contribution in [2.75, 3.05) is 0 Å². The molecule has 0 unspecified atom stereocenters. The standard InChI is InChI=1S/C32H43F3/c1-3-5-6-7-23-10-12-24(13-11-23)25-16-18-26(19-17-25)28-20-21-29(31(33)30(28)32(34)35)27-14-8-22(4-2)9-15-27/h16-24,27,32H,3-15H2,1-2H3. The van der Waals surface area contributed by atoms with Crippen LogP contribution in [0.1, 0.15) is 132 Å². The van der Waals surface area contributed by atoms with Crippen LogP contribution in [-0.2, 0) is 0 Å². The first kappa shape index (κ1) is 26.3. The highest BCUT2D eigenvalue weighted by Gasteiger charge is 2.29. The van der Waals surface area contributed by atoms with Crippen LogP contribution in [0.5, 0.6) is 0 Å². The average molecular weight is 485 g/mol. The third kappa shape index (κ3) is 6.33. The van der Waals surface area contributed by atoms with Crippen LogP contribution in [0.25, 0.3) is 11.1 Å². The maximum atomic E-state index is 15.5. The first-order valence-corrected chi connectivity index (χ1v) is 14.2. The molecule has 0 N–H and O–H groups in total. The van der Waals surface area contributed by atoms with Crippen LogP contribution < -0.4 is 0 Å². The summed E-state index contributed by atoms with van der Waals surface area (Å²) in [5, 5.41) is 0. The lowest BCUT2D eigenvalue weighted by molar-refractivity contribution is 0.146. The molecule has 0 heterocycles. The summed E-state index contributed by atoms with van der Waals surface area (Å²) in [6.45, 7) is 4.45.